The standard InChI is InChI=1S/C26H25Cl2N5O2/c1-26(2,17-7-8-19(27)20(28)13-17)25(35)32-14-21(29)15-3-5-16(6-4-15)24(34)33-22-10-12-31-23-18(22)9-11-30-23/h3-13,21H,14,29H2,1-2H3,(H,32,35)(H2,30,31,33,34). The lowest BCUT2D eigenvalue weighted by Gasteiger charge is -2.25. The van der Waals surface area contributed by atoms with Crippen LogP contribution in [0.25, 0.3) is 11.0 Å². The molecule has 0 saturated carbocycles. The molecule has 0 aliphatic heterocycles. The van der Waals surface area contributed by atoms with Crippen molar-refractivity contribution < 1.29 is 9.59 Å². The number of aromatic nitrogens is 2. The molecule has 2 amide bonds. The van der Waals surface area contributed by atoms with Crippen LogP contribution in [-0.4, -0.2) is 28.3 Å². The maximum atomic E-state index is 12.9. The summed E-state index contributed by atoms with van der Waals surface area (Å²) in [4.78, 5) is 32.8. The number of hydrogen-bond donors (Lipinski definition) is 4. The number of anilines is 1. The monoisotopic (exact) mass is 509 g/mol. The van der Waals surface area contributed by atoms with Gasteiger partial charge in [0.2, 0.25) is 5.91 Å². The van der Waals surface area contributed by atoms with Crippen molar-refractivity contribution >= 4 is 51.7 Å². The van der Waals surface area contributed by atoms with Crippen molar-refractivity contribution in [2.24, 2.45) is 5.73 Å². The van der Waals surface area contributed by atoms with Gasteiger partial charge in [0.25, 0.3) is 5.91 Å². The van der Waals surface area contributed by atoms with Crippen LogP contribution in [0.15, 0.2) is 67.0 Å². The van der Waals surface area contributed by atoms with E-state index in [4.69, 9.17) is 28.9 Å². The van der Waals surface area contributed by atoms with E-state index in [-0.39, 0.29) is 18.4 Å². The van der Waals surface area contributed by atoms with Crippen LogP contribution >= 0.6 is 23.2 Å². The van der Waals surface area contributed by atoms with E-state index in [0.717, 1.165) is 16.5 Å². The van der Waals surface area contributed by atoms with Gasteiger partial charge >= 0.3 is 0 Å². The number of carbonyl (C=O) groups excluding carboxylic acids is 2. The van der Waals surface area contributed by atoms with E-state index in [2.05, 4.69) is 20.6 Å². The van der Waals surface area contributed by atoms with Crippen molar-refractivity contribution in [2.75, 3.05) is 11.9 Å². The van der Waals surface area contributed by atoms with Gasteiger partial charge in [-0.2, -0.15) is 0 Å². The van der Waals surface area contributed by atoms with Crippen molar-refractivity contribution in [1.82, 2.24) is 15.3 Å². The zero-order valence-corrected chi connectivity index (χ0v) is 20.7. The summed E-state index contributed by atoms with van der Waals surface area (Å²) in [5.41, 5.74) is 8.90. The Hall–Kier alpha value is -3.39. The number of amides is 2. The highest BCUT2D eigenvalue weighted by molar-refractivity contribution is 6.42. The quantitative estimate of drug-likeness (QED) is 0.273. The molecule has 7 nitrogen and oxygen atoms in total. The molecule has 2 aromatic heterocycles. The summed E-state index contributed by atoms with van der Waals surface area (Å²) in [7, 11) is 0. The number of nitrogens with two attached hydrogens (primary N) is 1. The second-order valence-electron chi connectivity index (χ2n) is 8.75. The molecule has 9 heteroatoms. The number of pyridine rings is 1. The number of carbonyl (C=O) groups is 2. The molecule has 0 bridgehead atoms. The van der Waals surface area contributed by atoms with Crippen molar-refractivity contribution in [3.05, 3.63) is 93.7 Å². The third kappa shape index (κ3) is 5.32. The third-order valence-corrected chi connectivity index (χ3v) is 6.74. The fourth-order valence-electron chi connectivity index (χ4n) is 3.70. The molecule has 0 aliphatic carbocycles. The first-order chi connectivity index (χ1) is 16.7. The highest BCUT2D eigenvalue weighted by Gasteiger charge is 2.30. The van der Waals surface area contributed by atoms with Gasteiger partial charge in [0, 0.05) is 35.9 Å². The van der Waals surface area contributed by atoms with E-state index in [1.54, 1.807) is 60.9 Å². The van der Waals surface area contributed by atoms with Crippen molar-refractivity contribution in [3.63, 3.8) is 0 Å². The van der Waals surface area contributed by atoms with E-state index in [1.807, 2.05) is 19.9 Å². The molecule has 4 rings (SSSR count). The normalized spacial score (nSPS) is 12.4. The van der Waals surface area contributed by atoms with Crippen LogP contribution in [0.3, 0.4) is 0 Å². The van der Waals surface area contributed by atoms with Crippen molar-refractivity contribution in [2.45, 2.75) is 25.3 Å². The number of nitrogens with one attached hydrogen (secondary N) is 3. The van der Waals surface area contributed by atoms with Crippen LogP contribution in [-0.2, 0) is 10.2 Å². The number of nitrogens with zero attached hydrogens (tertiary/aromatic N) is 1. The highest BCUT2D eigenvalue weighted by atomic mass is 35.5. The second-order valence-corrected chi connectivity index (χ2v) is 9.56. The number of rotatable bonds is 7. The second kappa shape index (κ2) is 10.1. The molecule has 0 saturated heterocycles. The maximum absolute atomic E-state index is 12.9. The van der Waals surface area contributed by atoms with E-state index < -0.39 is 11.5 Å². The van der Waals surface area contributed by atoms with Gasteiger partial charge in [0.15, 0.2) is 0 Å². The molecule has 35 heavy (non-hydrogen) atoms. The predicted octanol–water partition coefficient (Wildman–Crippen LogP) is 5.22. The summed E-state index contributed by atoms with van der Waals surface area (Å²) in [6.07, 6.45) is 3.40. The van der Waals surface area contributed by atoms with E-state index in [0.29, 0.717) is 26.9 Å². The van der Waals surface area contributed by atoms with Gasteiger partial charge in [-0.05, 0) is 61.4 Å². The number of hydrogen-bond acceptors (Lipinski definition) is 4. The van der Waals surface area contributed by atoms with Gasteiger partial charge in [-0.15, -0.1) is 0 Å². The molecule has 180 valence electrons. The lowest BCUT2D eigenvalue weighted by atomic mass is 9.83. The summed E-state index contributed by atoms with van der Waals surface area (Å²) < 4.78 is 0. The first-order valence-electron chi connectivity index (χ1n) is 11.0. The van der Waals surface area contributed by atoms with Crippen molar-refractivity contribution in [3.8, 4) is 0 Å². The van der Waals surface area contributed by atoms with Crippen LogP contribution < -0.4 is 16.4 Å². The Kier molecular flexibility index (Phi) is 7.12. The van der Waals surface area contributed by atoms with Gasteiger partial charge in [0.1, 0.15) is 5.65 Å². The molecule has 2 heterocycles. The molecule has 0 fully saturated rings. The fourth-order valence-corrected chi connectivity index (χ4v) is 4.00. The first-order valence-corrected chi connectivity index (χ1v) is 11.7. The van der Waals surface area contributed by atoms with Gasteiger partial charge in [0.05, 0.1) is 21.1 Å². The number of halogens is 2. The molecule has 2 aromatic carbocycles. The molecular formula is C26H25Cl2N5O2. The minimum absolute atomic E-state index is 0.184. The van der Waals surface area contributed by atoms with Crippen molar-refractivity contribution in [1.29, 1.82) is 0 Å². The van der Waals surface area contributed by atoms with Gasteiger partial charge in [-0.25, -0.2) is 4.98 Å². The molecule has 0 spiro atoms. The Morgan fingerprint density at radius 2 is 1.80 bits per heavy atom. The molecule has 1 atom stereocenters. The predicted molar refractivity (Wildman–Crippen MR) is 140 cm³/mol. The van der Waals surface area contributed by atoms with Gasteiger partial charge < -0.3 is 21.4 Å². The fraction of sp³-hybridized carbons (Fsp3) is 0.192. The van der Waals surface area contributed by atoms with E-state index in [9.17, 15) is 9.59 Å². The van der Waals surface area contributed by atoms with Crippen LogP contribution in [0.4, 0.5) is 5.69 Å². The average Bonchev–Trinajstić information content (AvgIpc) is 3.34. The molecule has 5 N–H and O–H groups in total. The molecule has 1 unspecified atom stereocenters. The maximum Gasteiger partial charge on any atom is 0.255 e. The number of H-pyrrole nitrogens is 1. The first kappa shape index (κ1) is 24.7. The van der Waals surface area contributed by atoms with E-state index in [1.165, 1.54) is 0 Å². The number of fused-ring (bicyclic) bond motifs is 1. The minimum Gasteiger partial charge on any atom is -0.353 e. The third-order valence-electron chi connectivity index (χ3n) is 6.00. The largest absolute Gasteiger partial charge is 0.353 e. The molecule has 0 radical (unpaired) electrons. The summed E-state index contributed by atoms with van der Waals surface area (Å²) >= 11 is 12.1. The summed E-state index contributed by atoms with van der Waals surface area (Å²) in [5, 5.41) is 7.48. The Balaban J connectivity index is 1.37. The smallest absolute Gasteiger partial charge is 0.255 e. The lowest BCUT2D eigenvalue weighted by molar-refractivity contribution is -0.125. The zero-order valence-electron chi connectivity index (χ0n) is 19.2. The van der Waals surface area contributed by atoms with Crippen LogP contribution in [0, 0.1) is 0 Å². The number of benzene rings is 2. The SMILES string of the molecule is CC(C)(C(=O)NCC(N)c1ccc(C(=O)Nc2ccnc3[nH]ccc23)cc1)c1ccc(Cl)c(Cl)c1. The van der Waals surface area contributed by atoms with Crippen LogP contribution in [0.5, 0.6) is 0 Å². The molecule has 4 aromatic rings. The summed E-state index contributed by atoms with van der Waals surface area (Å²) in [5.74, 6) is -0.425. The highest BCUT2D eigenvalue weighted by Crippen LogP contribution is 2.30. The Morgan fingerprint density at radius 1 is 1.06 bits per heavy atom. The van der Waals surface area contributed by atoms with Gasteiger partial charge in [-0.3, -0.25) is 9.59 Å². The van der Waals surface area contributed by atoms with Crippen LogP contribution in [0.1, 0.15) is 41.4 Å². The summed E-state index contributed by atoms with van der Waals surface area (Å²) in [6, 6.07) is 15.3. The Labute approximate surface area is 213 Å². The van der Waals surface area contributed by atoms with E-state index >= 15 is 0 Å². The van der Waals surface area contributed by atoms with Gasteiger partial charge in [-0.1, -0.05) is 41.4 Å². The lowest BCUT2D eigenvalue weighted by Crippen LogP contribution is -2.42. The number of aromatic amines is 1. The zero-order chi connectivity index (χ0) is 25.2. The summed E-state index contributed by atoms with van der Waals surface area (Å²) in [6.45, 7) is 3.85. The van der Waals surface area contributed by atoms with Crippen LogP contribution in [0.2, 0.25) is 10.0 Å². The Bertz CT molecular complexity index is 1380. The average molecular weight is 510 g/mol. The molecular weight excluding hydrogens is 485 g/mol. The Morgan fingerprint density at radius 3 is 2.51 bits per heavy atom. The topological polar surface area (TPSA) is 113 Å². The minimum atomic E-state index is -0.826. The molecule has 0 aliphatic rings.